The number of hydrogen-bond donors (Lipinski definition) is 1. The molecule has 1 aliphatic rings. The van der Waals surface area contributed by atoms with Gasteiger partial charge in [0.1, 0.15) is 0 Å². The lowest BCUT2D eigenvalue weighted by molar-refractivity contribution is -0.129. The standard InChI is InChI=1S/C19H31N3O/c1-3-4-12-21(2)19(23)11-9-16-8-10-18(17(20)15-16)22-13-6-5-7-14-22/h8,10,15H,3-7,9,11-14,20H2,1-2H3. The lowest BCUT2D eigenvalue weighted by Crippen LogP contribution is -2.30. The second kappa shape index (κ2) is 8.80. The van der Waals surface area contributed by atoms with E-state index in [1.165, 1.54) is 19.3 Å². The smallest absolute Gasteiger partial charge is 0.222 e. The molecule has 1 saturated heterocycles. The normalized spacial score (nSPS) is 14.8. The number of nitrogens with zero attached hydrogens (tertiary/aromatic N) is 2. The molecule has 1 fully saturated rings. The van der Waals surface area contributed by atoms with E-state index in [9.17, 15) is 4.79 Å². The fraction of sp³-hybridized carbons (Fsp3) is 0.632. The molecule has 2 N–H and O–H groups in total. The third-order valence-electron chi connectivity index (χ3n) is 4.69. The Labute approximate surface area is 140 Å². The summed E-state index contributed by atoms with van der Waals surface area (Å²) in [4.78, 5) is 16.3. The molecule has 128 valence electrons. The van der Waals surface area contributed by atoms with Crippen LogP contribution in [0.15, 0.2) is 18.2 Å². The summed E-state index contributed by atoms with van der Waals surface area (Å²) in [6.45, 7) is 5.20. The van der Waals surface area contributed by atoms with E-state index in [0.717, 1.165) is 55.8 Å². The summed E-state index contributed by atoms with van der Waals surface area (Å²) in [5.41, 5.74) is 9.40. The van der Waals surface area contributed by atoms with Gasteiger partial charge >= 0.3 is 0 Å². The molecule has 0 spiro atoms. The topological polar surface area (TPSA) is 49.6 Å². The minimum absolute atomic E-state index is 0.220. The van der Waals surface area contributed by atoms with E-state index in [4.69, 9.17) is 5.73 Å². The van der Waals surface area contributed by atoms with E-state index < -0.39 is 0 Å². The molecule has 23 heavy (non-hydrogen) atoms. The molecule has 0 aromatic heterocycles. The molecule has 1 amide bonds. The molecule has 0 radical (unpaired) electrons. The molecule has 0 aliphatic carbocycles. The number of hydrogen-bond acceptors (Lipinski definition) is 3. The van der Waals surface area contributed by atoms with Gasteiger partial charge in [-0.1, -0.05) is 19.4 Å². The van der Waals surface area contributed by atoms with E-state index in [0.29, 0.717) is 6.42 Å². The maximum atomic E-state index is 12.1. The van der Waals surface area contributed by atoms with Crippen LogP contribution >= 0.6 is 0 Å². The van der Waals surface area contributed by atoms with Gasteiger partial charge in [-0.15, -0.1) is 0 Å². The van der Waals surface area contributed by atoms with Crippen LogP contribution < -0.4 is 10.6 Å². The summed E-state index contributed by atoms with van der Waals surface area (Å²) < 4.78 is 0. The summed E-state index contributed by atoms with van der Waals surface area (Å²) in [6.07, 6.45) is 7.33. The van der Waals surface area contributed by atoms with Gasteiger partial charge in [0.2, 0.25) is 5.91 Å². The van der Waals surface area contributed by atoms with Crippen LogP contribution in [0.1, 0.15) is 51.0 Å². The summed E-state index contributed by atoms with van der Waals surface area (Å²) in [5.74, 6) is 0.220. The molecule has 0 unspecified atom stereocenters. The van der Waals surface area contributed by atoms with Crippen molar-refractivity contribution in [3.63, 3.8) is 0 Å². The Balaban J connectivity index is 1.88. The van der Waals surface area contributed by atoms with Crippen LogP contribution in [0.5, 0.6) is 0 Å². The van der Waals surface area contributed by atoms with Crippen molar-refractivity contribution in [1.29, 1.82) is 0 Å². The van der Waals surface area contributed by atoms with Crippen LogP contribution in [0.4, 0.5) is 11.4 Å². The molecule has 0 bridgehead atoms. The number of rotatable bonds is 7. The molecule has 1 aliphatic heterocycles. The number of benzene rings is 1. The van der Waals surface area contributed by atoms with Crippen LogP contribution in [-0.4, -0.2) is 37.5 Å². The first-order valence-corrected chi connectivity index (χ1v) is 8.99. The van der Waals surface area contributed by atoms with E-state index in [1.807, 2.05) is 18.0 Å². The van der Waals surface area contributed by atoms with Crippen LogP contribution in [-0.2, 0) is 11.2 Å². The first kappa shape index (κ1) is 17.6. The van der Waals surface area contributed by atoms with Gasteiger partial charge in [0.25, 0.3) is 0 Å². The van der Waals surface area contributed by atoms with Crippen molar-refractivity contribution in [2.75, 3.05) is 37.3 Å². The summed E-state index contributed by atoms with van der Waals surface area (Å²) in [7, 11) is 1.89. The first-order valence-electron chi connectivity index (χ1n) is 8.99. The Hall–Kier alpha value is -1.71. The number of nitrogen functional groups attached to an aromatic ring is 1. The number of amides is 1. The molecule has 0 saturated carbocycles. The minimum Gasteiger partial charge on any atom is -0.397 e. The first-order chi connectivity index (χ1) is 11.1. The zero-order chi connectivity index (χ0) is 16.7. The summed E-state index contributed by atoms with van der Waals surface area (Å²) >= 11 is 0. The molecule has 1 aromatic rings. The van der Waals surface area contributed by atoms with E-state index in [2.05, 4.69) is 24.0 Å². The highest BCUT2D eigenvalue weighted by atomic mass is 16.2. The average Bonchev–Trinajstić information content (AvgIpc) is 2.58. The van der Waals surface area contributed by atoms with E-state index >= 15 is 0 Å². The Bertz CT molecular complexity index is 509. The largest absolute Gasteiger partial charge is 0.397 e. The Morgan fingerprint density at radius 2 is 2.00 bits per heavy atom. The highest BCUT2D eigenvalue weighted by Crippen LogP contribution is 2.27. The fourth-order valence-electron chi connectivity index (χ4n) is 3.14. The van der Waals surface area contributed by atoms with Crippen molar-refractivity contribution in [2.24, 2.45) is 0 Å². The SMILES string of the molecule is CCCCN(C)C(=O)CCc1ccc(N2CCCCC2)c(N)c1. The van der Waals surface area contributed by atoms with Gasteiger partial charge in [0, 0.05) is 33.1 Å². The van der Waals surface area contributed by atoms with E-state index in [-0.39, 0.29) is 5.91 Å². The number of nitrogens with two attached hydrogens (primary N) is 1. The molecule has 0 atom stereocenters. The zero-order valence-corrected chi connectivity index (χ0v) is 14.7. The third-order valence-corrected chi connectivity index (χ3v) is 4.69. The van der Waals surface area contributed by atoms with Crippen molar-refractivity contribution >= 4 is 17.3 Å². The molecule has 1 aromatic carbocycles. The number of anilines is 2. The predicted molar refractivity (Wildman–Crippen MR) is 97.8 cm³/mol. The second-order valence-electron chi connectivity index (χ2n) is 6.61. The summed E-state index contributed by atoms with van der Waals surface area (Å²) in [6, 6.07) is 6.30. The van der Waals surface area contributed by atoms with Gasteiger partial charge in [-0.2, -0.15) is 0 Å². The van der Waals surface area contributed by atoms with Gasteiger partial charge in [0.15, 0.2) is 0 Å². The van der Waals surface area contributed by atoms with Crippen LogP contribution in [0, 0.1) is 0 Å². The minimum atomic E-state index is 0.220. The number of carbonyl (C=O) groups is 1. The van der Waals surface area contributed by atoms with Crippen molar-refractivity contribution in [3.8, 4) is 0 Å². The third kappa shape index (κ3) is 5.15. The Kier molecular flexibility index (Phi) is 6.75. The van der Waals surface area contributed by atoms with Crippen molar-refractivity contribution in [3.05, 3.63) is 23.8 Å². The molecule has 1 heterocycles. The number of aryl methyl sites for hydroxylation is 1. The maximum absolute atomic E-state index is 12.1. The molecular formula is C19H31N3O. The monoisotopic (exact) mass is 317 g/mol. The predicted octanol–water partition coefficient (Wildman–Crippen LogP) is 3.45. The van der Waals surface area contributed by atoms with Gasteiger partial charge in [-0.05, 0) is 49.8 Å². The van der Waals surface area contributed by atoms with Crippen LogP contribution in [0.3, 0.4) is 0 Å². The molecule has 4 nitrogen and oxygen atoms in total. The Morgan fingerprint density at radius 3 is 2.65 bits per heavy atom. The lowest BCUT2D eigenvalue weighted by Gasteiger charge is -2.30. The van der Waals surface area contributed by atoms with Crippen LogP contribution in [0.25, 0.3) is 0 Å². The highest BCUT2D eigenvalue weighted by molar-refractivity contribution is 5.76. The van der Waals surface area contributed by atoms with Gasteiger partial charge in [-0.25, -0.2) is 0 Å². The number of carbonyl (C=O) groups excluding carboxylic acids is 1. The van der Waals surface area contributed by atoms with Crippen molar-refractivity contribution in [2.45, 2.75) is 51.9 Å². The van der Waals surface area contributed by atoms with Gasteiger partial charge in [-0.3, -0.25) is 4.79 Å². The Morgan fingerprint density at radius 1 is 1.26 bits per heavy atom. The average molecular weight is 317 g/mol. The maximum Gasteiger partial charge on any atom is 0.222 e. The van der Waals surface area contributed by atoms with E-state index in [1.54, 1.807) is 0 Å². The summed E-state index contributed by atoms with van der Waals surface area (Å²) in [5, 5.41) is 0. The molecular weight excluding hydrogens is 286 g/mol. The zero-order valence-electron chi connectivity index (χ0n) is 14.7. The van der Waals surface area contributed by atoms with Gasteiger partial charge < -0.3 is 15.5 Å². The van der Waals surface area contributed by atoms with Crippen LogP contribution in [0.2, 0.25) is 0 Å². The van der Waals surface area contributed by atoms with Crippen molar-refractivity contribution in [1.82, 2.24) is 4.90 Å². The number of unbranched alkanes of at least 4 members (excludes halogenated alkanes) is 1. The lowest BCUT2D eigenvalue weighted by atomic mass is 10.1. The molecule has 4 heteroatoms. The highest BCUT2D eigenvalue weighted by Gasteiger charge is 2.14. The van der Waals surface area contributed by atoms with Gasteiger partial charge in [0.05, 0.1) is 11.4 Å². The van der Waals surface area contributed by atoms with Crippen molar-refractivity contribution < 1.29 is 4.79 Å². The quantitative estimate of drug-likeness (QED) is 0.784. The fourth-order valence-corrected chi connectivity index (χ4v) is 3.14. The second-order valence-corrected chi connectivity index (χ2v) is 6.61. The molecule has 2 rings (SSSR count). The number of piperidine rings is 1.